The molecule has 1 atom stereocenters. The minimum atomic E-state index is -0.649. The molecule has 0 saturated heterocycles. The highest BCUT2D eigenvalue weighted by Gasteiger charge is 2.32. The van der Waals surface area contributed by atoms with Crippen molar-refractivity contribution in [3.8, 4) is 5.75 Å². The van der Waals surface area contributed by atoms with Crippen LogP contribution in [0.5, 0.6) is 5.75 Å². The summed E-state index contributed by atoms with van der Waals surface area (Å²) < 4.78 is 5.56. The molecule has 0 saturated carbocycles. The Morgan fingerprint density at radius 2 is 1.92 bits per heavy atom. The monoisotopic (exact) mass is 338 g/mol. The van der Waals surface area contributed by atoms with Gasteiger partial charge in [0.2, 0.25) is 5.91 Å². The molecule has 0 bridgehead atoms. The van der Waals surface area contributed by atoms with E-state index >= 15 is 0 Å². The van der Waals surface area contributed by atoms with Gasteiger partial charge in [-0.3, -0.25) is 19.3 Å². The summed E-state index contributed by atoms with van der Waals surface area (Å²) in [7, 11) is 0. The molecule has 2 aromatic carbocycles. The summed E-state index contributed by atoms with van der Waals surface area (Å²) in [5.41, 5.74) is 1.59. The number of nitrogens with zero attached hydrogens (tertiary/aromatic N) is 1. The summed E-state index contributed by atoms with van der Waals surface area (Å²) in [5, 5.41) is 2.72. The zero-order valence-corrected chi connectivity index (χ0v) is 14.0. The number of hydrogen-bond acceptors (Lipinski definition) is 4. The van der Waals surface area contributed by atoms with Gasteiger partial charge in [0.15, 0.2) is 11.9 Å². The average molecular weight is 338 g/mol. The van der Waals surface area contributed by atoms with Gasteiger partial charge in [0, 0.05) is 11.3 Å². The number of amides is 2. The van der Waals surface area contributed by atoms with Crippen LogP contribution < -0.4 is 15.0 Å². The number of benzene rings is 2. The summed E-state index contributed by atoms with van der Waals surface area (Å²) in [4.78, 5) is 37.6. The minimum Gasteiger partial charge on any atom is -0.479 e. The molecule has 0 spiro atoms. The van der Waals surface area contributed by atoms with E-state index in [1.165, 1.54) is 11.8 Å². The van der Waals surface area contributed by atoms with E-state index in [9.17, 15) is 14.4 Å². The SMILES string of the molecule is CC(=O)c1cccc(NC(=O)CN2C(=O)C(C)Oc3ccccc32)c1. The number of nitrogens with one attached hydrogen (secondary N) is 1. The van der Waals surface area contributed by atoms with Crippen LogP contribution in [-0.2, 0) is 9.59 Å². The van der Waals surface area contributed by atoms with Gasteiger partial charge in [-0.15, -0.1) is 0 Å². The molecule has 1 aliphatic heterocycles. The molecule has 6 nitrogen and oxygen atoms in total. The molecular weight excluding hydrogens is 320 g/mol. The number of fused-ring (bicyclic) bond motifs is 1. The number of Topliss-reactive ketones (excluding diaryl/α,β-unsaturated/α-hetero) is 1. The Hall–Kier alpha value is -3.15. The van der Waals surface area contributed by atoms with E-state index in [-0.39, 0.29) is 24.1 Å². The van der Waals surface area contributed by atoms with Gasteiger partial charge < -0.3 is 10.1 Å². The third-order valence-corrected chi connectivity index (χ3v) is 3.93. The highest BCUT2D eigenvalue weighted by Crippen LogP contribution is 2.33. The van der Waals surface area contributed by atoms with Crippen LogP contribution in [-0.4, -0.2) is 30.2 Å². The number of ketones is 1. The van der Waals surface area contributed by atoms with Crippen LogP contribution in [0.3, 0.4) is 0 Å². The largest absolute Gasteiger partial charge is 0.479 e. The summed E-state index contributed by atoms with van der Waals surface area (Å²) in [5.74, 6) is -0.132. The molecular formula is C19H18N2O4. The Balaban J connectivity index is 1.77. The van der Waals surface area contributed by atoms with Crippen molar-refractivity contribution in [3.63, 3.8) is 0 Å². The summed E-state index contributed by atoms with van der Waals surface area (Å²) in [6, 6.07) is 13.8. The average Bonchev–Trinajstić information content (AvgIpc) is 2.59. The number of rotatable bonds is 4. The topological polar surface area (TPSA) is 75.7 Å². The van der Waals surface area contributed by atoms with E-state index in [0.29, 0.717) is 22.7 Å². The predicted octanol–water partition coefficient (Wildman–Crippen LogP) is 2.64. The van der Waals surface area contributed by atoms with Crippen LogP contribution in [0, 0.1) is 0 Å². The fourth-order valence-corrected chi connectivity index (χ4v) is 2.68. The molecule has 1 heterocycles. The van der Waals surface area contributed by atoms with Gasteiger partial charge in [0.25, 0.3) is 5.91 Å². The van der Waals surface area contributed by atoms with Gasteiger partial charge in [0.1, 0.15) is 12.3 Å². The Bertz CT molecular complexity index is 847. The second-order valence-electron chi connectivity index (χ2n) is 5.84. The van der Waals surface area contributed by atoms with Gasteiger partial charge >= 0.3 is 0 Å². The third kappa shape index (κ3) is 3.52. The Morgan fingerprint density at radius 3 is 2.68 bits per heavy atom. The molecule has 6 heteroatoms. The first kappa shape index (κ1) is 16.7. The van der Waals surface area contributed by atoms with Crippen molar-refractivity contribution in [2.24, 2.45) is 0 Å². The van der Waals surface area contributed by atoms with Gasteiger partial charge in [-0.1, -0.05) is 24.3 Å². The molecule has 1 N–H and O–H groups in total. The molecule has 0 radical (unpaired) electrons. The molecule has 1 aliphatic rings. The van der Waals surface area contributed by atoms with Crippen LogP contribution in [0.15, 0.2) is 48.5 Å². The van der Waals surface area contributed by atoms with Crippen LogP contribution in [0.25, 0.3) is 0 Å². The number of carbonyl (C=O) groups excluding carboxylic acids is 3. The lowest BCUT2D eigenvalue weighted by Gasteiger charge is -2.32. The highest BCUT2D eigenvalue weighted by atomic mass is 16.5. The van der Waals surface area contributed by atoms with Crippen molar-refractivity contribution in [1.29, 1.82) is 0 Å². The summed E-state index contributed by atoms with van der Waals surface area (Å²) in [6.45, 7) is 2.99. The van der Waals surface area contributed by atoms with Crippen molar-refractivity contribution in [1.82, 2.24) is 0 Å². The summed E-state index contributed by atoms with van der Waals surface area (Å²) in [6.07, 6.45) is -0.649. The van der Waals surface area contributed by atoms with Crippen LogP contribution in [0.4, 0.5) is 11.4 Å². The maximum absolute atomic E-state index is 12.4. The number of ether oxygens (including phenoxy) is 1. The molecule has 2 amide bonds. The Kier molecular flexibility index (Phi) is 4.52. The molecule has 0 fully saturated rings. The maximum Gasteiger partial charge on any atom is 0.268 e. The van der Waals surface area contributed by atoms with E-state index in [0.717, 1.165) is 0 Å². The zero-order chi connectivity index (χ0) is 18.0. The van der Waals surface area contributed by atoms with E-state index in [1.807, 2.05) is 6.07 Å². The molecule has 0 aliphatic carbocycles. The maximum atomic E-state index is 12.4. The molecule has 1 unspecified atom stereocenters. The van der Waals surface area contributed by atoms with E-state index < -0.39 is 6.10 Å². The third-order valence-electron chi connectivity index (χ3n) is 3.93. The lowest BCUT2D eigenvalue weighted by Crippen LogP contribution is -2.47. The van der Waals surface area contributed by atoms with Crippen LogP contribution in [0.2, 0.25) is 0 Å². The first-order valence-electron chi connectivity index (χ1n) is 7.93. The first-order chi connectivity index (χ1) is 12.0. The molecule has 25 heavy (non-hydrogen) atoms. The van der Waals surface area contributed by atoms with E-state index in [4.69, 9.17) is 4.74 Å². The number of hydrogen-bond donors (Lipinski definition) is 1. The van der Waals surface area contributed by atoms with Gasteiger partial charge in [-0.05, 0) is 38.1 Å². The minimum absolute atomic E-state index is 0.0813. The molecule has 2 aromatic rings. The predicted molar refractivity (Wildman–Crippen MR) is 94.0 cm³/mol. The second kappa shape index (κ2) is 6.76. The van der Waals surface area contributed by atoms with Gasteiger partial charge in [0.05, 0.1) is 5.69 Å². The van der Waals surface area contributed by atoms with Crippen LogP contribution >= 0.6 is 0 Å². The molecule has 0 aromatic heterocycles. The van der Waals surface area contributed by atoms with Crippen molar-refractivity contribution < 1.29 is 19.1 Å². The Labute approximate surface area is 145 Å². The number of anilines is 2. The quantitative estimate of drug-likeness (QED) is 0.870. The van der Waals surface area contributed by atoms with Crippen molar-refractivity contribution in [2.45, 2.75) is 20.0 Å². The lowest BCUT2D eigenvalue weighted by atomic mass is 10.1. The second-order valence-corrected chi connectivity index (χ2v) is 5.84. The van der Waals surface area contributed by atoms with Crippen molar-refractivity contribution in [3.05, 3.63) is 54.1 Å². The van der Waals surface area contributed by atoms with Crippen LogP contribution in [0.1, 0.15) is 24.2 Å². The normalized spacial score (nSPS) is 16.0. The summed E-state index contributed by atoms with van der Waals surface area (Å²) >= 11 is 0. The highest BCUT2D eigenvalue weighted by molar-refractivity contribution is 6.06. The fourth-order valence-electron chi connectivity index (χ4n) is 2.68. The number of carbonyl (C=O) groups is 3. The van der Waals surface area contributed by atoms with Crippen molar-refractivity contribution in [2.75, 3.05) is 16.8 Å². The van der Waals surface area contributed by atoms with E-state index in [2.05, 4.69) is 5.32 Å². The zero-order valence-electron chi connectivity index (χ0n) is 14.0. The van der Waals surface area contributed by atoms with Gasteiger partial charge in [-0.2, -0.15) is 0 Å². The first-order valence-corrected chi connectivity index (χ1v) is 7.93. The Morgan fingerprint density at radius 1 is 1.16 bits per heavy atom. The lowest BCUT2D eigenvalue weighted by molar-refractivity contribution is -0.127. The smallest absolute Gasteiger partial charge is 0.268 e. The molecule has 128 valence electrons. The van der Waals surface area contributed by atoms with Crippen molar-refractivity contribution >= 4 is 29.0 Å². The fraction of sp³-hybridized carbons (Fsp3) is 0.211. The number of para-hydroxylation sites is 2. The van der Waals surface area contributed by atoms with Gasteiger partial charge in [-0.25, -0.2) is 0 Å². The van der Waals surface area contributed by atoms with E-state index in [1.54, 1.807) is 49.4 Å². The molecule has 3 rings (SSSR count). The standard InChI is InChI=1S/C19H18N2O4/c1-12(22)14-6-5-7-15(10-14)20-18(23)11-21-16-8-3-4-9-17(16)25-13(2)19(21)24/h3-10,13H,11H2,1-2H3,(H,20,23).